The van der Waals surface area contributed by atoms with Gasteiger partial charge in [0, 0.05) is 13.5 Å². The number of hydrogen-bond acceptors (Lipinski definition) is 3. The predicted octanol–water partition coefficient (Wildman–Crippen LogP) is 1.29. The first-order chi connectivity index (χ1) is 6.72. The van der Waals surface area contributed by atoms with Crippen molar-refractivity contribution < 1.29 is 14.6 Å². The first kappa shape index (κ1) is 10.4. The molecule has 1 rings (SSSR count). The van der Waals surface area contributed by atoms with Crippen LogP contribution in [-0.2, 0) is 11.2 Å². The van der Waals surface area contributed by atoms with Gasteiger partial charge in [0.2, 0.25) is 0 Å². The summed E-state index contributed by atoms with van der Waals surface area (Å²) in [5, 5.41) is 11.5. The van der Waals surface area contributed by atoms with E-state index in [0.717, 1.165) is 5.56 Å². The highest BCUT2D eigenvalue weighted by Crippen LogP contribution is 2.11. The minimum absolute atomic E-state index is 0.224. The number of ether oxygens (including phenoxy) is 1. The maximum atomic E-state index is 10.7. The molecule has 0 radical (unpaired) electrons. The monoisotopic (exact) mass is 195 g/mol. The molecule has 0 aromatic heterocycles. The Kier molecular flexibility index (Phi) is 3.79. The number of phenolic OH excluding ortho intramolecular Hbond substituents is 1. The number of benzene rings is 1. The van der Waals surface area contributed by atoms with E-state index in [2.05, 4.69) is 5.32 Å². The number of aromatic hydroxyl groups is 1. The highest BCUT2D eigenvalue weighted by Gasteiger charge is 1.98. The lowest BCUT2D eigenvalue weighted by molar-refractivity contribution is 0.150. The average molecular weight is 195 g/mol. The van der Waals surface area contributed by atoms with Crippen LogP contribution in [0, 0.1) is 0 Å². The third-order valence-electron chi connectivity index (χ3n) is 1.74. The molecule has 0 saturated carbocycles. The van der Waals surface area contributed by atoms with Gasteiger partial charge in [-0.05, 0) is 17.7 Å². The zero-order valence-corrected chi connectivity index (χ0v) is 7.99. The molecule has 0 bridgehead atoms. The standard InChI is InChI=1S/C10H13NO3/c1-11-10(13)14-6-5-8-3-2-4-9(12)7-8/h2-4,7,12H,5-6H2,1H3,(H,11,13). The molecular formula is C10H13NO3. The van der Waals surface area contributed by atoms with E-state index in [1.165, 1.54) is 7.05 Å². The van der Waals surface area contributed by atoms with Crippen LogP contribution in [0.5, 0.6) is 5.75 Å². The topological polar surface area (TPSA) is 58.6 Å². The molecule has 76 valence electrons. The summed E-state index contributed by atoms with van der Waals surface area (Å²) in [5.41, 5.74) is 0.939. The number of rotatable bonds is 3. The van der Waals surface area contributed by atoms with E-state index in [0.29, 0.717) is 13.0 Å². The number of carbonyl (C=O) groups excluding carboxylic acids is 1. The molecule has 0 aliphatic carbocycles. The largest absolute Gasteiger partial charge is 0.508 e. The predicted molar refractivity (Wildman–Crippen MR) is 52.2 cm³/mol. The summed E-state index contributed by atoms with van der Waals surface area (Å²) in [7, 11) is 1.51. The van der Waals surface area contributed by atoms with Gasteiger partial charge in [-0.1, -0.05) is 12.1 Å². The van der Waals surface area contributed by atoms with E-state index in [-0.39, 0.29) is 5.75 Å². The molecule has 0 spiro atoms. The fourth-order valence-electron chi connectivity index (χ4n) is 1.05. The van der Waals surface area contributed by atoms with E-state index >= 15 is 0 Å². The Morgan fingerprint density at radius 3 is 3.00 bits per heavy atom. The van der Waals surface area contributed by atoms with Crippen molar-refractivity contribution >= 4 is 6.09 Å². The van der Waals surface area contributed by atoms with Gasteiger partial charge in [0.15, 0.2) is 0 Å². The van der Waals surface area contributed by atoms with Crippen LogP contribution >= 0.6 is 0 Å². The van der Waals surface area contributed by atoms with Gasteiger partial charge in [-0.15, -0.1) is 0 Å². The Labute approximate surface area is 82.5 Å². The number of nitrogens with one attached hydrogen (secondary N) is 1. The van der Waals surface area contributed by atoms with Crippen LogP contribution in [0.15, 0.2) is 24.3 Å². The normalized spacial score (nSPS) is 9.50. The summed E-state index contributed by atoms with van der Waals surface area (Å²) < 4.78 is 4.80. The first-order valence-electron chi connectivity index (χ1n) is 4.35. The summed E-state index contributed by atoms with van der Waals surface area (Å²) >= 11 is 0. The second-order valence-corrected chi connectivity index (χ2v) is 2.81. The maximum absolute atomic E-state index is 10.7. The maximum Gasteiger partial charge on any atom is 0.406 e. The van der Waals surface area contributed by atoms with Gasteiger partial charge in [0.1, 0.15) is 5.75 Å². The highest BCUT2D eigenvalue weighted by molar-refractivity contribution is 5.66. The van der Waals surface area contributed by atoms with Crippen LogP contribution in [0.3, 0.4) is 0 Å². The van der Waals surface area contributed by atoms with E-state index in [1.54, 1.807) is 18.2 Å². The molecule has 1 amide bonds. The first-order valence-corrected chi connectivity index (χ1v) is 4.35. The molecular weight excluding hydrogens is 182 g/mol. The number of alkyl carbamates (subject to hydrolysis) is 1. The molecule has 0 aliphatic rings. The molecule has 0 unspecified atom stereocenters. The Balaban J connectivity index is 2.35. The van der Waals surface area contributed by atoms with Crippen LogP contribution in [0.1, 0.15) is 5.56 Å². The Morgan fingerprint density at radius 1 is 1.57 bits per heavy atom. The minimum atomic E-state index is -0.440. The van der Waals surface area contributed by atoms with E-state index in [1.807, 2.05) is 6.07 Å². The van der Waals surface area contributed by atoms with Crippen molar-refractivity contribution in [3.63, 3.8) is 0 Å². The SMILES string of the molecule is CNC(=O)OCCc1cccc(O)c1. The third-order valence-corrected chi connectivity index (χ3v) is 1.74. The fourth-order valence-corrected chi connectivity index (χ4v) is 1.05. The Hall–Kier alpha value is -1.71. The summed E-state index contributed by atoms with van der Waals surface area (Å²) in [6, 6.07) is 6.87. The van der Waals surface area contributed by atoms with Gasteiger partial charge in [0.25, 0.3) is 0 Å². The van der Waals surface area contributed by atoms with E-state index in [4.69, 9.17) is 9.84 Å². The molecule has 0 atom stereocenters. The molecule has 0 heterocycles. The lowest BCUT2D eigenvalue weighted by Gasteiger charge is -2.03. The van der Waals surface area contributed by atoms with Crippen molar-refractivity contribution in [1.29, 1.82) is 0 Å². The molecule has 4 nitrogen and oxygen atoms in total. The van der Waals surface area contributed by atoms with Crippen LogP contribution in [-0.4, -0.2) is 24.9 Å². The summed E-state index contributed by atoms with van der Waals surface area (Å²) in [6.07, 6.45) is 0.159. The third kappa shape index (κ3) is 3.35. The van der Waals surface area contributed by atoms with Gasteiger partial charge >= 0.3 is 6.09 Å². The summed E-state index contributed by atoms with van der Waals surface area (Å²) in [6.45, 7) is 0.309. The van der Waals surface area contributed by atoms with Gasteiger partial charge in [-0.3, -0.25) is 0 Å². The average Bonchev–Trinajstić information content (AvgIpc) is 2.17. The van der Waals surface area contributed by atoms with Gasteiger partial charge in [0.05, 0.1) is 6.61 Å². The number of hydrogen-bond donors (Lipinski definition) is 2. The van der Waals surface area contributed by atoms with Crippen LogP contribution < -0.4 is 5.32 Å². The zero-order valence-electron chi connectivity index (χ0n) is 7.99. The van der Waals surface area contributed by atoms with Crippen molar-refractivity contribution in [2.45, 2.75) is 6.42 Å². The highest BCUT2D eigenvalue weighted by atomic mass is 16.5. The number of phenols is 1. The lowest BCUT2D eigenvalue weighted by Crippen LogP contribution is -2.20. The van der Waals surface area contributed by atoms with Crippen molar-refractivity contribution in [3.05, 3.63) is 29.8 Å². The van der Waals surface area contributed by atoms with E-state index < -0.39 is 6.09 Å². The van der Waals surface area contributed by atoms with E-state index in [9.17, 15) is 4.79 Å². The second-order valence-electron chi connectivity index (χ2n) is 2.81. The van der Waals surface area contributed by atoms with Crippen LogP contribution in [0.4, 0.5) is 4.79 Å². The quantitative estimate of drug-likeness (QED) is 0.764. The van der Waals surface area contributed by atoms with Crippen molar-refractivity contribution in [3.8, 4) is 5.75 Å². The molecule has 0 fully saturated rings. The number of amides is 1. The van der Waals surface area contributed by atoms with Gasteiger partial charge < -0.3 is 15.2 Å². The molecule has 14 heavy (non-hydrogen) atoms. The smallest absolute Gasteiger partial charge is 0.406 e. The molecule has 1 aromatic rings. The summed E-state index contributed by atoms with van der Waals surface area (Å²) in [4.78, 5) is 10.7. The molecule has 0 saturated heterocycles. The van der Waals surface area contributed by atoms with Crippen molar-refractivity contribution in [2.75, 3.05) is 13.7 Å². The van der Waals surface area contributed by atoms with Crippen molar-refractivity contribution in [2.24, 2.45) is 0 Å². The Morgan fingerprint density at radius 2 is 2.36 bits per heavy atom. The van der Waals surface area contributed by atoms with Crippen LogP contribution in [0.25, 0.3) is 0 Å². The molecule has 0 aliphatic heterocycles. The molecule has 4 heteroatoms. The van der Waals surface area contributed by atoms with Crippen molar-refractivity contribution in [1.82, 2.24) is 5.32 Å². The minimum Gasteiger partial charge on any atom is -0.508 e. The lowest BCUT2D eigenvalue weighted by atomic mass is 10.1. The summed E-state index contributed by atoms with van der Waals surface area (Å²) in [5.74, 6) is 0.224. The van der Waals surface area contributed by atoms with Gasteiger partial charge in [-0.2, -0.15) is 0 Å². The molecule has 2 N–H and O–H groups in total. The number of carbonyl (C=O) groups is 1. The second kappa shape index (κ2) is 5.11. The van der Waals surface area contributed by atoms with Crippen LogP contribution in [0.2, 0.25) is 0 Å². The fraction of sp³-hybridized carbons (Fsp3) is 0.300. The Bertz CT molecular complexity index is 312. The molecule has 1 aromatic carbocycles. The zero-order chi connectivity index (χ0) is 10.4. The van der Waals surface area contributed by atoms with Gasteiger partial charge in [-0.25, -0.2) is 4.79 Å².